The molecule has 1 aliphatic heterocycles. The van der Waals surface area contributed by atoms with E-state index in [4.69, 9.17) is 10.5 Å². The molecule has 2 rings (SSSR count). The normalized spacial score (nSPS) is 19.6. The van der Waals surface area contributed by atoms with Gasteiger partial charge in [-0.2, -0.15) is 0 Å². The van der Waals surface area contributed by atoms with Crippen molar-refractivity contribution in [2.45, 2.75) is 136 Å². The average Bonchev–Trinajstić information content (AvgIpc) is 3.57. The summed E-state index contributed by atoms with van der Waals surface area (Å²) in [6, 6.07) is -1.63. The number of hydrogen-bond acceptors (Lipinski definition) is 9. The van der Waals surface area contributed by atoms with Gasteiger partial charge in [0, 0.05) is 56.0 Å². The highest BCUT2D eigenvalue weighted by Gasteiger charge is 2.32. The minimum atomic E-state index is -0.920. The lowest BCUT2D eigenvalue weighted by Gasteiger charge is -2.26. The molecule has 0 aromatic rings. The van der Waals surface area contributed by atoms with Crippen LogP contribution in [-0.4, -0.2) is 83.0 Å². The summed E-state index contributed by atoms with van der Waals surface area (Å²) in [6.45, 7) is 11.2. The second-order valence-electron chi connectivity index (χ2n) is 14.5. The molecule has 0 unspecified atom stereocenters. The van der Waals surface area contributed by atoms with E-state index >= 15 is 0 Å². The van der Waals surface area contributed by atoms with Crippen LogP contribution in [0.15, 0.2) is 12.2 Å². The molecule has 0 aromatic carbocycles. The molecule has 13 nitrogen and oxygen atoms in total. The summed E-state index contributed by atoms with van der Waals surface area (Å²) in [7, 11) is 0. The number of unbranched alkanes of at least 4 members (excludes halogenated alkanes) is 3. The van der Waals surface area contributed by atoms with Crippen molar-refractivity contribution in [2.75, 3.05) is 13.1 Å². The van der Waals surface area contributed by atoms with E-state index < -0.39 is 35.5 Å². The summed E-state index contributed by atoms with van der Waals surface area (Å²) in [5, 5.41) is 8.50. The van der Waals surface area contributed by atoms with Crippen LogP contribution in [0.4, 0.5) is 0 Å². The first-order valence-corrected chi connectivity index (χ1v) is 17.4. The number of imide groups is 1. The van der Waals surface area contributed by atoms with Crippen molar-refractivity contribution in [3.05, 3.63) is 12.2 Å². The van der Waals surface area contributed by atoms with E-state index in [1.54, 1.807) is 27.7 Å². The summed E-state index contributed by atoms with van der Waals surface area (Å²) in [5.74, 6) is -3.31. The molecular weight excluding hydrogens is 618 g/mol. The summed E-state index contributed by atoms with van der Waals surface area (Å²) in [5.41, 5.74) is 5.15. The lowest BCUT2D eigenvalue weighted by Crippen LogP contribution is -2.48. The Morgan fingerprint density at radius 3 is 2.19 bits per heavy atom. The van der Waals surface area contributed by atoms with Crippen molar-refractivity contribution in [3.8, 4) is 0 Å². The molecule has 48 heavy (non-hydrogen) atoms. The number of nitrogens with zero attached hydrogens (tertiary/aromatic N) is 1. The number of Topliss-reactive ketones (excluding diaryl/α,β-unsaturated/α-hetero) is 1. The van der Waals surface area contributed by atoms with Gasteiger partial charge in [0.2, 0.25) is 17.7 Å². The number of nitrogens with two attached hydrogens (primary N) is 1. The molecule has 0 aromatic heterocycles. The van der Waals surface area contributed by atoms with Crippen LogP contribution < -0.4 is 21.7 Å². The summed E-state index contributed by atoms with van der Waals surface area (Å²) in [4.78, 5) is 88.9. The number of carbonyl (C=O) groups excluding carboxylic acids is 7. The fourth-order valence-corrected chi connectivity index (χ4v) is 5.79. The number of esters is 1. The highest BCUT2D eigenvalue weighted by molar-refractivity contribution is 6.12. The van der Waals surface area contributed by atoms with Crippen LogP contribution in [0.5, 0.6) is 0 Å². The maximum absolute atomic E-state index is 13.2. The summed E-state index contributed by atoms with van der Waals surface area (Å²) < 4.78 is 5.55. The maximum Gasteiger partial charge on any atom is 0.329 e. The van der Waals surface area contributed by atoms with E-state index in [9.17, 15) is 33.6 Å². The van der Waals surface area contributed by atoms with E-state index in [1.807, 2.05) is 13.8 Å². The molecule has 1 aliphatic carbocycles. The predicted octanol–water partition coefficient (Wildman–Crippen LogP) is 2.45. The van der Waals surface area contributed by atoms with Crippen molar-refractivity contribution in [1.82, 2.24) is 20.9 Å². The Labute approximate surface area is 284 Å². The predicted molar refractivity (Wildman–Crippen MR) is 180 cm³/mol. The Kier molecular flexibility index (Phi) is 16.4. The Morgan fingerprint density at radius 1 is 0.938 bits per heavy atom. The molecule has 5 N–H and O–H groups in total. The SMILES string of the molecule is CC(C)[C@H](NC(=O)CCCCCN1C(=O)C=CC1=O)C(=O)C[C@@H](C)C(=O)N[C@@H](CCCCNC(=O)[C@@H]1CC[C@H](N)C1)C(=O)OC(C)(C)C. The Hall–Kier alpha value is -3.61. The number of hydrogen-bond donors (Lipinski definition) is 4. The monoisotopic (exact) mass is 675 g/mol. The highest BCUT2D eigenvalue weighted by atomic mass is 16.6. The van der Waals surface area contributed by atoms with Crippen LogP contribution in [0.1, 0.15) is 112 Å². The topological polar surface area (TPSA) is 194 Å². The zero-order valence-electron chi connectivity index (χ0n) is 29.6. The lowest BCUT2D eigenvalue weighted by atomic mass is 9.92. The third-order valence-corrected chi connectivity index (χ3v) is 8.54. The molecule has 5 amide bonds. The van der Waals surface area contributed by atoms with Crippen molar-refractivity contribution >= 4 is 41.3 Å². The van der Waals surface area contributed by atoms with Gasteiger partial charge < -0.3 is 26.4 Å². The molecule has 5 atom stereocenters. The molecule has 1 fully saturated rings. The number of ketones is 1. The first-order valence-electron chi connectivity index (χ1n) is 17.4. The van der Waals surface area contributed by atoms with Crippen LogP contribution in [-0.2, 0) is 38.3 Å². The van der Waals surface area contributed by atoms with Gasteiger partial charge in [-0.15, -0.1) is 0 Å². The second-order valence-corrected chi connectivity index (χ2v) is 14.5. The van der Waals surface area contributed by atoms with E-state index in [0.29, 0.717) is 58.0 Å². The number of rotatable bonds is 20. The fourth-order valence-electron chi connectivity index (χ4n) is 5.79. The van der Waals surface area contributed by atoms with Gasteiger partial charge in [0.1, 0.15) is 11.6 Å². The quantitative estimate of drug-likeness (QED) is 0.0852. The maximum atomic E-state index is 13.2. The van der Waals surface area contributed by atoms with Gasteiger partial charge >= 0.3 is 5.97 Å². The van der Waals surface area contributed by atoms with E-state index in [1.165, 1.54) is 12.2 Å². The molecule has 13 heteroatoms. The second kappa shape index (κ2) is 19.4. The van der Waals surface area contributed by atoms with Crippen LogP contribution in [0.25, 0.3) is 0 Å². The Morgan fingerprint density at radius 2 is 1.60 bits per heavy atom. The van der Waals surface area contributed by atoms with Gasteiger partial charge in [0.25, 0.3) is 11.8 Å². The van der Waals surface area contributed by atoms with Gasteiger partial charge in [-0.3, -0.25) is 33.7 Å². The van der Waals surface area contributed by atoms with Gasteiger partial charge in [0.05, 0.1) is 6.04 Å². The molecule has 1 saturated carbocycles. The standard InChI is InChI=1S/C35H57N5O8/c1-22(2)31(39-28(42)13-8-7-11-19-40-29(43)16-17-30(40)44)27(41)20-23(3)32(45)38-26(34(47)48-35(4,5)6)12-9-10-18-37-33(46)24-14-15-25(36)21-24/h16-17,22-26,31H,7-15,18-21,36H2,1-6H3,(H,37,46)(H,38,45)(H,39,42)/t23-,24-,25+,26+,31+/m1/s1. The number of ether oxygens (including phenoxy) is 1. The van der Waals surface area contributed by atoms with E-state index in [2.05, 4.69) is 16.0 Å². The summed E-state index contributed by atoms with van der Waals surface area (Å²) in [6.07, 6.45) is 8.06. The highest BCUT2D eigenvalue weighted by Crippen LogP contribution is 2.24. The van der Waals surface area contributed by atoms with Crippen molar-refractivity contribution in [2.24, 2.45) is 23.5 Å². The van der Waals surface area contributed by atoms with Gasteiger partial charge in [0.15, 0.2) is 5.78 Å². The zero-order valence-corrected chi connectivity index (χ0v) is 29.6. The van der Waals surface area contributed by atoms with Gasteiger partial charge in [-0.25, -0.2) is 4.79 Å². The molecular formula is C35H57N5O8. The zero-order chi connectivity index (χ0) is 36.0. The van der Waals surface area contributed by atoms with Crippen molar-refractivity contribution < 1.29 is 38.3 Å². The molecule has 1 heterocycles. The van der Waals surface area contributed by atoms with Crippen LogP contribution in [0, 0.1) is 17.8 Å². The van der Waals surface area contributed by atoms with Gasteiger partial charge in [-0.05, 0) is 78.1 Å². The van der Waals surface area contributed by atoms with E-state index in [0.717, 1.165) is 17.7 Å². The van der Waals surface area contributed by atoms with Crippen LogP contribution >= 0.6 is 0 Å². The Balaban J connectivity index is 1.82. The smallest absolute Gasteiger partial charge is 0.329 e. The fraction of sp³-hybridized carbons (Fsp3) is 0.743. The Bertz CT molecular complexity index is 1180. The van der Waals surface area contributed by atoms with Crippen LogP contribution in [0.2, 0.25) is 0 Å². The molecule has 0 bridgehead atoms. The summed E-state index contributed by atoms with van der Waals surface area (Å²) >= 11 is 0. The third-order valence-electron chi connectivity index (χ3n) is 8.54. The third kappa shape index (κ3) is 14.2. The van der Waals surface area contributed by atoms with Gasteiger partial charge in [-0.1, -0.05) is 27.2 Å². The molecule has 270 valence electrons. The minimum absolute atomic E-state index is 0.00214. The largest absolute Gasteiger partial charge is 0.458 e. The number of amides is 5. The average molecular weight is 676 g/mol. The van der Waals surface area contributed by atoms with E-state index in [-0.39, 0.29) is 60.1 Å². The molecule has 0 saturated heterocycles. The lowest BCUT2D eigenvalue weighted by molar-refractivity contribution is -0.159. The molecule has 2 aliphatic rings. The molecule has 0 radical (unpaired) electrons. The van der Waals surface area contributed by atoms with Crippen molar-refractivity contribution in [3.63, 3.8) is 0 Å². The first kappa shape index (κ1) is 40.6. The minimum Gasteiger partial charge on any atom is -0.458 e. The number of nitrogens with one attached hydrogen (secondary N) is 3. The molecule has 0 spiro atoms. The van der Waals surface area contributed by atoms with Crippen LogP contribution in [0.3, 0.4) is 0 Å². The first-order chi connectivity index (χ1) is 22.5. The number of carbonyl (C=O) groups is 7. The van der Waals surface area contributed by atoms with Crippen molar-refractivity contribution in [1.29, 1.82) is 0 Å².